The maximum Gasteiger partial charge on any atom is 0.295 e. The Labute approximate surface area is 147 Å². The minimum atomic E-state index is -4.51. The first-order chi connectivity index (χ1) is 11.0. The summed E-state index contributed by atoms with van der Waals surface area (Å²) in [5.74, 6) is 0. The van der Waals surface area contributed by atoms with Crippen LogP contribution in [0.2, 0.25) is 0 Å². The summed E-state index contributed by atoms with van der Waals surface area (Å²) in [6, 6.07) is 8.07. The molecule has 0 bridgehead atoms. The van der Waals surface area contributed by atoms with Gasteiger partial charge in [-0.15, -0.1) is 0 Å². The first-order valence-corrected chi connectivity index (χ1v) is 9.98. The third kappa shape index (κ3) is 4.42. The Balaban J connectivity index is 2.59. The zero-order valence-electron chi connectivity index (χ0n) is 11.9. The highest BCUT2D eigenvalue weighted by Crippen LogP contribution is 2.25. The second kappa shape index (κ2) is 6.65. The normalized spacial score (nSPS) is 12.6. The van der Waals surface area contributed by atoms with Gasteiger partial charge in [-0.3, -0.25) is 9.11 Å². The smallest absolute Gasteiger partial charge is 0.295 e. The van der Waals surface area contributed by atoms with E-state index in [2.05, 4.69) is 15.9 Å². The van der Waals surface area contributed by atoms with E-state index in [0.29, 0.717) is 4.47 Å². The molecule has 0 saturated heterocycles. The number of benzene rings is 2. The van der Waals surface area contributed by atoms with Gasteiger partial charge in [0, 0.05) is 10.2 Å². The number of hydrogen-bond acceptors (Lipinski definition) is 5. The number of nitrogens with two attached hydrogens (primary N) is 1. The summed E-state index contributed by atoms with van der Waals surface area (Å²) in [6.07, 6.45) is 2.59. The van der Waals surface area contributed by atoms with E-state index in [1.165, 1.54) is 36.4 Å². The average Bonchev–Trinajstić information content (AvgIpc) is 2.45. The Hall–Kier alpha value is -1.72. The quantitative estimate of drug-likeness (QED) is 0.383. The summed E-state index contributed by atoms with van der Waals surface area (Å²) in [5, 5.41) is 0. The SMILES string of the molecule is Nc1ccc(C=Cc2ccc(Br)cc2S(=O)(=O)O)c(S(=O)(=O)O)c1. The molecule has 2 aromatic carbocycles. The topological polar surface area (TPSA) is 135 Å². The van der Waals surface area contributed by atoms with Crippen molar-refractivity contribution < 1.29 is 25.9 Å². The van der Waals surface area contributed by atoms with E-state index >= 15 is 0 Å². The highest BCUT2D eigenvalue weighted by Gasteiger charge is 2.16. The van der Waals surface area contributed by atoms with Crippen LogP contribution in [0.1, 0.15) is 11.1 Å². The Morgan fingerprint density at radius 3 is 1.79 bits per heavy atom. The number of hydrogen-bond donors (Lipinski definition) is 3. The molecule has 2 aromatic rings. The van der Waals surface area contributed by atoms with Crippen LogP contribution in [-0.4, -0.2) is 25.9 Å². The molecule has 24 heavy (non-hydrogen) atoms. The second-order valence-corrected chi connectivity index (χ2v) is 8.46. The minimum absolute atomic E-state index is 0.107. The summed E-state index contributed by atoms with van der Waals surface area (Å²) >= 11 is 3.10. The van der Waals surface area contributed by atoms with Gasteiger partial charge >= 0.3 is 0 Å². The molecule has 7 nitrogen and oxygen atoms in total. The van der Waals surface area contributed by atoms with Crippen LogP contribution in [0.5, 0.6) is 0 Å². The molecule has 0 aromatic heterocycles. The van der Waals surface area contributed by atoms with Gasteiger partial charge in [0.25, 0.3) is 20.2 Å². The molecular weight excluding hydrogens is 422 g/mol. The fourth-order valence-corrected chi connectivity index (χ4v) is 3.90. The van der Waals surface area contributed by atoms with Gasteiger partial charge in [0.15, 0.2) is 0 Å². The zero-order valence-corrected chi connectivity index (χ0v) is 15.1. The molecule has 0 aliphatic carbocycles. The van der Waals surface area contributed by atoms with Crippen molar-refractivity contribution in [1.29, 1.82) is 0 Å². The van der Waals surface area contributed by atoms with Crippen LogP contribution in [0.4, 0.5) is 5.69 Å². The van der Waals surface area contributed by atoms with E-state index in [-0.39, 0.29) is 21.7 Å². The third-order valence-electron chi connectivity index (χ3n) is 3.01. The lowest BCUT2D eigenvalue weighted by molar-refractivity contribution is 0.480. The molecule has 0 amide bonds. The molecule has 128 valence electrons. The number of nitrogen functional groups attached to an aromatic ring is 1. The average molecular weight is 434 g/mol. The molecule has 0 fully saturated rings. The van der Waals surface area contributed by atoms with E-state index in [1.807, 2.05) is 0 Å². The maximum atomic E-state index is 11.4. The zero-order chi connectivity index (χ0) is 18.1. The fourth-order valence-electron chi connectivity index (χ4n) is 1.96. The first kappa shape index (κ1) is 18.6. The number of anilines is 1. The maximum absolute atomic E-state index is 11.4. The molecule has 0 heterocycles. The minimum Gasteiger partial charge on any atom is -0.399 e. The van der Waals surface area contributed by atoms with Gasteiger partial charge in [-0.1, -0.05) is 40.2 Å². The standard InChI is InChI=1S/C14H12BrNO6S2/c15-11-5-3-9(13(7-11)23(17,18)19)1-2-10-4-6-12(16)8-14(10)24(20,21)22/h1-8H,16H2,(H,17,18,19)(H,20,21,22). The van der Waals surface area contributed by atoms with Gasteiger partial charge in [0.05, 0.1) is 0 Å². The van der Waals surface area contributed by atoms with Crippen molar-refractivity contribution in [3.63, 3.8) is 0 Å². The van der Waals surface area contributed by atoms with Crippen LogP contribution in [0, 0.1) is 0 Å². The summed E-state index contributed by atoms with van der Waals surface area (Å²) in [4.78, 5) is -0.763. The van der Waals surface area contributed by atoms with Gasteiger partial charge in [-0.25, -0.2) is 0 Å². The van der Waals surface area contributed by atoms with Crippen LogP contribution in [0.15, 0.2) is 50.7 Å². The van der Waals surface area contributed by atoms with E-state index in [4.69, 9.17) is 5.73 Å². The molecule has 0 unspecified atom stereocenters. The molecule has 0 atom stereocenters. The first-order valence-electron chi connectivity index (χ1n) is 6.30. The Morgan fingerprint density at radius 1 is 0.833 bits per heavy atom. The van der Waals surface area contributed by atoms with Gasteiger partial charge < -0.3 is 5.73 Å². The van der Waals surface area contributed by atoms with Gasteiger partial charge in [0.2, 0.25) is 0 Å². The molecule has 4 N–H and O–H groups in total. The van der Waals surface area contributed by atoms with E-state index < -0.39 is 25.1 Å². The van der Waals surface area contributed by atoms with Crippen LogP contribution in [-0.2, 0) is 20.2 Å². The summed E-state index contributed by atoms with van der Waals surface area (Å²) in [5.41, 5.74) is 5.90. The van der Waals surface area contributed by atoms with E-state index in [0.717, 1.165) is 6.07 Å². The molecule has 0 aliphatic rings. The Bertz CT molecular complexity index is 946. The second-order valence-electron chi connectivity index (χ2n) is 4.76. The monoisotopic (exact) mass is 433 g/mol. The molecule has 2 rings (SSSR count). The number of rotatable bonds is 4. The van der Waals surface area contributed by atoms with Crippen molar-refractivity contribution >= 4 is 54.0 Å². The lowest BCUT2D eigenvalue weighted by atomic mass is 10.1. The highest BCUT2D eigenvalue weighted by molar-refractivity contribution is 9.10. The van der Waals surface area contributed by atoms with Crippen LogP contribution < -0.4 is 5.73 Å². The van der Waals surface area contributed by atoms with Crippen LogP contribution in [0.25, 0.3) is 12.2 Å². The van der Waals surface area contributed by atoms with Crippen molar-refractivity contribution in [3.05, 3.63) is 52.0 Å². The Morgan fingerprint density at radius 2 is 1.29 bits per heavy atom. The largest absolute Gasteiger partial charge is 0.399 e. The molecular formula is C14H12BrNO6S2. The van der Waals surface area contributed by atoms with Crippen molar-refractivity contribution in [2.75, 3.05) is 5.73 Å². The summed E-state index contributed by atoms with van der Waals surface area (Å²) in [7, 11) is -8.99. The van der Waals surface area contributed by atoms with Crippen molar-refractivity contribution in [2.24, 2.45) is 0 Å². The van der Waals surface area contributed by atoms with Crippen LogP contribution >= 0.6 is 15.9 Å². The fraction of sp³-hybridized carbons (Fsp3) is 0. The molecule has 10 heteroatoms. The van der Waals surface area contributed by atoms with E-state index in [1.54, 1.807) is 6.07 Å². The lowest BCUT2D eigenvalue weighted by Crippen LogP contribution is -2.02. The van der Waals surface area contributed by atoms with Crippen molar-refractivity contribution in [3.8, 4) is 0 Å². The molecule has 0 aliphatic heterocycles. The third-order valence-corrected chi connectivity index (χ3v) is 5.32. The van der Waals surface area contributed by atoms with Crippen LogP contribution in [0.3, 0.4) is 0 Å². The molecule has 0 radical (unpaired) electrons. The van der Waals surface area contributed by atoms with Crippen molar-refractivity contribution in [2.45, 2.75) is 9.79 Å². The summed E-state index contributed by atoms with van der Waals surface area (Å²) in [6.45, 7) is 0. The number of halogens is 1. The lowest BCUT2D eigenvalue weighted by Gasteiger charge is -2.06. The van der Waals surface area contributed by atoms with Gasteiger partial charge in [0.1, 0.15) is 9.79 Å². The van der Waals surface area contributed by atoms with Gasteiger partial charge in [-0.05, 0) is 35.4 Å². The van der Waals surface area contributed by atoms with Gasteiger partial charge in [-0.2, -0.15) is 16.8 Å². The van der Waals surface area contributed by atoms with Crippen molar-refractivity contribution in [1.82, 2.24) is 0 Å². The highest BCUT2D eigenvalue weighted by atomic mass is 79.9. The van der Waals surface area contributed by atoms with E-state index in [9.17, 15) is 25.9 Å². The predicted octanol–water partition coefficient (Wildman–Crippen LogP) is 2.70. The predicted molar refractivity (Wildman–Crippen MR) is 93.6 cm³/mol. The molecule has 0 saturated carbocycles. The summed E-state index contributed by atoms with van der Waals surface area (Å²) < 4.78 is 64.7. The molecule has 0 spiro atoms. The Kier molecular flexibility index (Phi) is 5.16.